The molecule has 9 heteroatoms. The van der Waals surface area contributed by atoms with Crippen LogP contribution in [-0.4, -0.2) is 34.2 Å². The van der Waals surface area contributed by atoms with Crippen molar-refractivity contribution in [1.29, 1.82) is 0 Å². The van der Waals surface area contributed by atoms with E-state index < -0.39 is 34.4 Å². The highest BCUT2D eigenvalue weighted by molar-refractivity contribution is 6.07. The van der Waals surface area contributed by atoms with Crippen LogP contribution < -0.4 is 20.8 Å². The number of benzene rings is 2. The van der Waals surface area contributed by atoms with Crippen molar-refractivity contribution >= 4 is 17.8 Å². The van der Waals surface area contributed by atoms with Gasteiger partial charge in [-0.3, -0.25) is 4.79 Å². The second kappa shape index (κ2) is 8.84. The average molecular weight is 438 g/mol. The van der Waals surface area contributed by atoms with E-state index in [2.05, 4.69) is 4.98 Å². The second-order valence-corrected chi connectivity index (χ2v) is 7.24. The number of aromatic carboxylic acids is 2. The van der Waals surface area contributed by atoms with Crippen molar-refractivity contribution in [3.8, 4) is 22.6 Å². The molecule has 166 valence electrons. The first-order valence-corrected chi connectivity index (χ1v) is 9.53. The van der Waals surface area contributed by atoms with Gasteiger partial charge in [-0.05, 0) is 54.8 Å². The van der Waals surface area contributed by atoms with Gasteiger partial charge in [0.25, 0.3) is 5.56 Å². The van der Waals surface area contributed by atoms with Gasteiger partial charge in [0, 0.05) is 11.1 Å². The summed E-state index contributed by atoms with van der Waals surface area (Å²) in [5.74, 6) is -2.41. The van der Waals surface area contributed by atoms with Crippen LogP contribution in [0.4, 0.5) is 5.82 Å². The summed E-state index contributed by atoms with van der Waals surface area (Å²) in [6.07, 6.45) is 0. The van der Waals surface area contributed by atoms with E-state index in [9.17, 15) is 24.6 Å². The summed E-state index contributed by atoms with van der Waals surface area (Å²) < 4.78 is 11.3. The number of methoxy groups -OCH3 is 1. The van der Waals surface area contributed by atoms with Crippen molar-refractivity contribution < 1.29 is 29.3 Å². The second-order valence-electron chi connectivity index (χ2n) is 7.24. The van der Waals surface area contributed by atoms with Gasteiger partial charge in [0.1, 0.15) is 35.1 Å². The summed E-state index contributed by atoms with van der Waals surface area (Å²) in [5, 5.41) is 19.2. The molecule has 0 saturated heterocycles. The molecule has 1 heterocycles. The Labute approximate surface area is 183 Å². The zero-order valence-electron chi connectivity index (χ0n) is 17.7. The fourth-order valence-electron chi connectivity index (χ4n) is 3.56. The van der Waals surface area contributed by atoms with Crippen LogP contribution in [0, 0.1) is 13.8 Å². The van der Waals surface area contributed by atoms with Crippen LogP contribution >= 0.6 is 0 Å². The van der Waals surface area contributed by atoms with Gasteiger partial charge in [0.05, 0.1) is 7.11 Å². The van der Waals surface area contributed by atoms with Gasteiger partial charge in [-0.25, -0.2) is 9.59 Å². The van der Waals surface area contributed by atoms with Crippen LogP contribution in [0.1, 0.15) is 37.4 Å². The largest absolute Gasteiger partial charge is 0.496 e. The lowest BCUT2D eigenvalue weighted by atomic mass is 9.94. The number of hydrogen-bond donors (Lipinski definition) is 4. The molecule has 32 heavy (non-hydrogen) atoms. The van der Waals surface area contributed by atoms with Crippen LogP contribution in [0.5, 0.6) is 11.5 Å². The molecular weight excluding hydrogens is 416 g/mol. The molecule has 0 radical (unpaired) electrons. The smallest absolute Gasteiger partial charge is 0.342 e. The first kappa shape index (κ1) is 22.4. The Kier molecular flexibility index (Phi) is 6.20. The minimum Gasteiger partial charge on any atom is -0.496 e. The highest BCUT2D eigenvalue weighted by Crippen LogP contribution is 2.33. The van der Waals surface area contributed by atoms with Crippen molar-refractivity contribution in [3.05, 3.63) is 74.6 Å². The molecule has 0 fully saturated rings. The SMILES string of the molecule is COc1ccc(-c2c(C(=O)O)c(N)[nH]c(=O)c2C(=O)O)cc1COc1cc(C)cc(C)c1. The monoisotopic (exact) mass is 438 g/mol. The van der Waals surface area contributed by atoms with Crippen molar-refractivity contribution in [2.24, 2.45) is 0 Å². The number of carbonyl (C=O) groups is 2. The summed E-state index contributed by atoms with van der Waals surface area (Å²) >= 11 is 0. The van der Waals surface area contributed by atoms with Crippen LogP contribution in [0.15, 0.2) is 41.2 Å². The Morgan fingerprint density at radius 3 is 2.19 bits per heavy atom. The molecule has 0 bridgehead atoms. The first-order valence-electron chi connectivity index (χ1n) is 9.53. The van der Waals surface area contributed by atoms with E-state index in [0.29, 0.717) is 17.1 Å². The Balaban J connectivity index is 2.15. The van der Waals surface area contributed by atoms with Gasteiger partial charge in [0.15, 0.2) is 0 Å². The number of anilines is 1. The summed E-state index contributed by atoms with van der Waals surface area (Å²) in [6.45, 7) is 3.95. The number of carboxylic acids is 2. The van der Waals surface area contributed by atoms with Crippen LogP contribution in [0.25, 0.3) is 11.1 Å². The van der Waals surface area contributed by atoms with Gasteiger partial charge < -0.3 is 30.4 Å². The minimum absolute atomic E-state index is 0.0589. The number of aryl methyl sites for hydroxylation is 2. The predicted octanol–water partition coefficient (Wildman–Crippen LogP) is 3.22. The predicted molar refractivity (Wildman–Crippen MR) is 118 cm³/mol. The van der Waals surface area contributed by atoms with E-state index in [1.54, 1.807) is 6.07 Å². The third kappa shape index (κ3) is 4.41. The average Bonchev–Trinajstić information content (AvgIpc) is 2.70. The lowest BCUT2D eigenvalue weighted by molar-refractivity contribution is 0.0695. The minimum atomic E-state index is -1.58. The lowest BCUT2D eigenvalue weighted by Gasteiger charge is -2.16. The maximum absolute atomic E-state index is 12.3. The van der Waals surface area contributed by atoms with Crippen LogP contribution in [0.2, 0.25) is 0 Å². The molecule has 0 aliphatic heterocycles. The Morgan fingerprint density at radius 2 is 1.62 bits per heavy atom. The van der Waals surface area contributed by atoms with Gasteiger partial charge in [-0.15, -0.1) is 0 Å². The summed E-state index contributed by atoms with van der Waals surface area (Å²) in [5.41, 5.74) is 5.94. The summed E-state index contributed by atoms with van der Waals surface area (Å²) in [4.78, 5) is 38.0. The van der Waals surface area contributed by atoms with E-state index in [4.69, 9.17) is 15.2 Å². The summed E-state index contributed by atoms with van der Waals surface area (Å²) in [6, 6.07) is 10.3. The van der Waals surface area contributed by atoms with Gasteiger partial charge in [0.2, 0.25) is 0 Å². The van der Waals surface area contributed by atoms with E-state index in [0.717, 1.165) is 11.1 Å². The number of H-pyrrole nitrogens is 1. The maximum atomic E-state index is 12.3. The molecule has 9 nitrogen and oxygen atoms in total. The number of nitrogens with two attached hydrogens (primary N) is 1. The van der Waals surface area contributed by atoms with E-state index in [1.165, 1.54) is 19.2 Å². The van der Waals surface area contributed by atoms with E-state index >= 15 is 0 Å². The lowest BCUT2D eigenvalue weighted by Crippen LogP contribution is -2.24. The first-order chi connectivity index (χ1) is 15.1. The van der Waals surface area contributed by atoms with Crippen molar-refractivity contribution in [1.82, 2.24) is 4.98 Å². The van der Waals surface area contributed by atoms with Crippen LogP contribution in [-0.2, 0) is 6.61 Å². The molecule has 3 aromatic rings. The van der Waals surface area contributed by atoms with E-state index in [1.807, 2.05) is 32.0 Å². The van der Waals surface area contributed by atoms with Gasteiger partial charge in [-0.2, -0.15) is 0 Å². The molecule has 0 unspecified atom stereocenters. The number of rotatable bonds is 7. The topological polar surface area (TPSA) is 152 Å². The Bertz CT molecular complexity index is 1260. The molecule has 0 saturated carbocycles. The third-order valence-corrected chi connectivity index (χ3v) is 4.83. The number of aromatic nitrogens is 1. The number of aromatic amines is 1. The molecule has 3 rings (SSSR count). The normalized spacial score (nSPS) is 10.6. The fourth-order valence-corrected chi connectivity index (χ4v) is 3.56. The van der Waals surface area contributed by atoms with Gasteiger partial charge >= 0.3 is 11.9 Å². The number of pyridine rings is 1. The van der Waals surface area contributed by atoms with Crippen molar-refractivity contribution in [3.63, 3.8) is 0 Å². The molecule has 0 amide bonds. The molecule has 0 aliphatic carbocycles. The van der Waals surface area contributed by atoms with Crippen LogP contribution in [0.3, 0.4) is 0 Å². The third-order valence-electron chi connectivity index (χ3n) is 4.83. The van der Waals surface area contributed by atoms with E-state index in [-0.39, 0.29) is 17.7 Å². The molecule has 5 N–H and O–H groups in total. The molecule has 1 aromatic heterocycles. The fraction of sp³-hybridized carbons (Fsp3) is 0.174. The number of nitrogen functional groups attached to an aromatic ring is 1. The molecule has 0 atom stereocenters. The van der Waals surface area contributed by atoms with Crippen molar-refractivity contribution in [2.75, 3.05) is 12.8 Å². The van der Waals surface area contributed by atoms with Gasteiger partial charge in [-0.1, -0.05) is 12.1 Å². The highest BCUT2D eigenvalue weighted by Gasteiger charge is 2.27. The zero-order chi connectivity index (χ0) is 23.6. The summed E-state index contributed by atoms with van der Waals surface area (Å²) in [7, 11) is 1.46. The number of hydrogen-bond acceptors (Lipinski definition) is 6. The molecular formula is C23H22N2O7. The molecule has 0 aliphatic rings. The Hall–Kier alpha value is -4.27. The number of nitrogens with one attached hydrogen (secondary N) is 1. The quantitative estimate of drug-likeness (QED) is 0.439. The number of carboxylic acid groups (broad SMARTS) is 2. The molecule has 2 aromatic carbocycles. The standard InChI is InChI=1S/C23H22N2O7/c1-11-6-12(2)8-15(7-11)32-10-14-9-13(4-5-16(14)31-3)17-18(22(27)28)20(24)25-21(26)19(17)23(29)30/h4-9H,10H2,1-3H3,(H,27,28)(H,29,30)(H3,24,25,26). The van der Waals surface area contributed by atoms with Crippen molar-refractivity contribution in [2.45, 2.75) is 20.5 Å². The molecule has 0 spiro atoms. The zero-order valence-corrected chi connectivity index (χ0v) is 17.7. The number of ether oxygens (including phenoxy) is 2. The highest BCUT2D eigenvalue weighted by atomic mass is 16.5. The maximum Gasteiger partial charge on any atom is 0.342 e. The Morgan fingerprint density at radius 1 is 1.00 bits per heavy atom.